The van der Waals surface area contributed by atoms with Crippen LogP contribution < -0.4 is 4.74 Å². The van der Waals surface area contributed by atoms with Crippen molar-refractivity contribution in [3.8, 4) is 11.8 Å². The van der Waals surface area contributed by atoms with Crippen LogP contribution in [0.15, 0.2) is 46.9 Å². The number of nitriles is 1. The monoisotopic (exact) mass is 381 g/mol. The molecular formula is C16H10BrCl2NO. The van der Waals surface area contributed by atoms with Gasteiger partial charge in [-0.15, -0.1) is 0 Å². The zero-order chi connectivity index (χ0) is 15.2. The number of allylic oxidation sites excluding steroid dienone is 1. The SMILES string of the molecule is N#CC=Cc1cc(Br)ccc1OCc1ccc(Cl)c(Cl)c1. The van der Waals surface area contributed by atoms with E-state index in [0.717, 1.165) is 15.6 Å². The summed E-state index contributed by atoms with van der Waals surface area (Å²) in [7, 11) is 0. The second kappa shape index (κ2) is 7.51. The van der Waals surface area contributed by atoms with E-state index >= 15 is 0 Å². The van der Waals surface area contributed by atoms with Crippen molar-refractivity contribution in [2.24, 2.45) is 0 Å². The number of nitrogens with zero attached hydrogens (tertiary/aromatic N) is 1. The van der Waals surface area contributed by atoms with Crippen LogP contribution in [0.4, 0.5) is 0 Å². The summed E-state index contributed by atoms with van der Waals surface area (Å²) in [6.07, 6.45) is 3.11. The molecule has 0 atom stereocenters. The maximum atomic E-state index is 8.64. The highest BCUT2D eigenvalue weighted by atomic mass is 79.9. The minimum absolute atomic E-state index is 0.367. The third-order valence-electron chi connectivity index (χ3n) is 2.69. The first kappa shape index (κ1) is 15.9. The third kappa shape index (κ3) is 4.50. The summed E-state index contributed by atoms with van der Waals surface area (Å²) in [5.41, 5.74) is 1.74. The number of ether oxygens (including phenoxy) is 1. The van der Waals surface area contributed by atoms with Gasteiger partial charge in [0, 0.05) is 16.1 Å². The van der Waals surface area contributed by atoms with E-state index in [9.17, 15) is 0 Å². The van der Waals surface area contributed by atoms with Gasteiger partial charge in [-0.25, -0.2) is 0 Å². The molecule has 2 aromatic rings. The van der Waals surface area contributed by atoms with Crippen LogP contribution >= 0.6 is 39.1 Å². The largest absolute Gasteiger partial charge is 0.488 e. The maximum Gasteiger partial charge on any atom is 0.127 e. The Morgan fingerprint density at radius 1 is 1.14 bits per heavy atom. The topological polar surface area (TPSA) is 33.0 Å². The molecule has 0 aliphatic rings. The van der Waals surface area contributed by atoms with E-state index in [2.05, 4.69) is 15.9 Å². The fourth-order valence-electron chi connectivity index (χ4n) is 1.70. The van der Waals surface area contributed by atoms with Gasteiger partial charge in [0.2, 0.25) is 0 Å². The maximum absolute atomic E-state index is 8.64. The van der Waals surface area contributed by atoms with Crippen molar-refractivity contribution < 1.29 is 4.74 Å². The number of hydrogen-bond acceptors (Lipinski definition) is 2. The van der Waals surface area contributed by atoms with Crippen LogP contribution in [0, 0.1) is 11.3 Å². The van der Waals surface area contributed by atoms with Gasteiger partial charge in [-0.05, 0) is 42.0 Å². The van der Waals surface area contributed by atoms with Crippen LogP contribution in [0.1, 0.15) is 11.1 Å². The zero-order valence-corrected chi connectivity index (χ0v) is 13.9. The molecule has 0 saturated heterocycles. The van der Waals surface area contributed by atoms with E-state index in [1.807, 2.05) is 30.3 Å². The molecule has 0 aliphatic carbocycles. The molecule has 2 aromatic carbocycles. The molecule has 0 bridgehead atoms. The Balaban J connectivity index is 2.17. The highest BCUT2D eigenvalue weighted by Crippen LogP contribution is 2.27. The first-order valence-electron chi connectivity index (χ1n) is 6.02. The summed E-state index contributed by atoms with van der Waals surface area (Å²) in [5, 5.41) is 9.65. The second-order valence-electron chi connectivity index (χ2n) is 4.18. The normalized spacial score (nSPS) is 10.6. The van der Waals surface area contributed by atoms with E-state index in [1.165, 1.54) is 6.08 Å². The molecule has 0 fully saturated rings. The lowest BCUT2D eigenvalue weighted by molar-refractivity contribution is 0.305. The van der Waals surface area contributed by atoms with Crippen molar-refractivity contribution in [3.63, 3.8) is 0 Å². The Kier molecular flexibility index (Phi) is 5.69. The van der Waals surface area contributed by atoms with Crippen molar-refractivity contribution in [2.45, 2.75) is 6.61 Å². The van der Waals surface area contributed by atoms with Gasteiger partial charge in [-0.1, -0.05) is 45.2 Å². The minimum Gasteiger partial charge on any atom is -0.488 e. The van der Waals surface area contributed by atoms with E-state index in [4.69, 9.17) is 33.2 Å². The molecule has 106 valence electrons. The number of benzene rings is 2. The summed E-state index contributed by atoms with van der Waals surface area (Å²) in [5.74, 6) is 0.691. The van der Waals surface area contributed by atoms with Gasteiger partial charge < -0.3 is 4.74 Å². The number of hydrogen-bond donors (Lipinski definition) is 0. The van der Waals surface area contributed by atoms with E-state index < -0.39 is 0 Å². The van der Waals surface area contributed by atoms with E-state index in [0.29, 0.717) is 22.4 Å². The van der Waals surface area contributed by atoms with Crippen LogP contribution in [0.25, 0.3) is 6.08 Å². The zero-order valence-electron chi connectivity index (χ0n) is 10.8. The van der Waals surface area contributed by atoms with Gasteiger partial charge in [0.15, 0.2) is 0 Å². The molecule has 0 aliphatic heterocycles. The van der Waals surface area contributed by atoms with Crippen molar-refractivity contribution in [3.05, 3.63) is 68.1 Å². The van der Waals surface area contributed by atoms with Crippen molar-refractivity contribution in [2.75, 3.05) is 0 Å². The Morgan fingerprint density at radius 2 is 1.95 bits per heavy atom. The molecule has 0 aromatic heterocycles. The lowest BCUT2D eigenvalue weighted by atomic mass is 10.2. The Hall–Kier alpha value is -1.47. The molecule has 0 radical (unpaired) electrons. The molecule has 21 heavy (non-hydrogen) atoms. The van der Waals surface area contributed by atoms with Gasteiger partial charge in [0.05, 0.1) is 16.1 Å². The molecule has 0 amide bonds. The fourth-order valence-corrected chi connectivity index (χ4v) is 2.40. The molecular weight excluding hydrogens is 373 g/mol. The molecule has 2 rings (SSSR count). The Morgan fingerprint density at radius 3 is 2.67 bits per heavy atom. The summed E-state index contributed by atoms with van der Waals surface area (Å²) >= 11 is 15.3. The van der Waals surface area contributed by atoms with E-state index in [1.54, 1.807) is 18.2 Å². The molecule has 2 nitrogen and oxygen atoms in total. The molecule has 5 heteroatoms. The quantitative estimate of drug-likeness (QED) is 0.619. The van der Waals surface area contributed by atoms with Gasteiger partial charge >= 0.3 is 0 Å². The van der Waals surface area contributed by atoms with Crippen LogP contribution in [0.3, 0.4) is 0 Å². The predicted octanol–water partition coefficient (Wildman–Crippen LogP) is 5.87. The van der Waals surface area contributed by atoms with Crippen LogP contribution in [0.2, 0.25) is 10.0 Å². The molecule has 0 spiro atoms. The first-order chi connectivity index (χ1) is 10.1. The molecule has 0 N–H and O–H groups in total. The van der Waals surface area contributed by atoms with Crippen molar-refractivity contribution in [1.82, 2.24) is 0 Å². The first-order valence-corrected chi connectivity index (χ1v) is 7.57. The average molecular weight is 383 g/mol. The van der Waals surface area contributed by atoms with Gasteiger partial charge in [-0.2, -0.15) is 5.26 Å². The Labute approximate surface area is 141 Å². The van der Waals surface area contributed by atoms with Crippen LogP contribution in [-0.2, 0) is 6.61 Å². The lowest BCUT2D eigenvalue weighted by Gasteiger charge is -2.10. The summed E-state index contributed by atoms with van der Waals surface area (Å²) in [6.45, 7) is 0.367. The smallest absolute Gasteiger partial charge is 0.127 e. The van der Waals surface area contributed by atoms with Gasteiger partial charge in [0.25, 0.3) is 0 Å². The summed E-state index contributed by atoms with van der Waals surface area (Å²) in [6, 6.07) is 12.9. The number of halogens is 3. The standard InChI is InChI=1S/C16H10BrCl2NO/c17-13-4-6-16(12(9-13)2-1-7-20)21-10-11-3-5-14(18)15(19)8-11/h1-6,8-9H,10H2. The lowest BCUT2D eigenvalue weighted by Crippen LogP contribution is -1.97. The molecule has 0 heterocycles. The summed E-state index contributed by atoms with van der Waals surface area (Å²) < 4.78 is 6.71. The van der Waals surface area contributed by atoms with Crippen LogP contribution in [-0.4, -0.2) is 0 Å². The molecule has 0 saturated carbocycles. The highest BCUT2D eigenvalue weighted by Gasteiger charge is 2.04. The third-order valence-corrected chi connectivity index (χ3v) is 3.92. The van der Waals surface area contributed by atoms with Crippen molar-refractivity contribution in [1.29, 1.82) is 5.26 Å². The highest BCUT2D eigenvalue weighted by molar-refractivity contribution is 9.10. The van der Waals surface area contributed by atoms with Gasteiger partial charge in [0.1, 0.15) is 12.4 Å². The van der Waals surface area contributed by atoms with Crippen molar-refractivity contribution >= 4 is 45.2 Å². The minimum atomic E-state index is 0.367. The fraction of sp³-hybridized carbons (Fsp3) is 0.0625. The van der Waals surface area contributed by atoms with Gasteiger partial charge in [-0.3, -0.25) is 0 Å². The Bertz CT molecular complexity index is 723. The number of rotatable bonds is 4. The van der Waals surface area contributed by atoms with E-state index in [-0.39, 0.29) is 0 Å². The average Bonchev–Trinajstić information content (AvgIpc) is 2.47. The molecule has 0 unspecified atom stereocenters. The summed E-state index contributed by atoms with van der Waals surface area (Å²) in [4.78, 5) is 0. The predicted molar refractivity (Wildman–Crippen MR) is 89.6 cm³/mol. The van der Waals surface area contributed by atoms with Crippen LogP contribution in [0.5, 0.6) is 5.75 Å². The second-order valence-corrected chi connectivity index (χ2v) is 5.91.